The van der Waals surface area contributed by atoms with Crippen LogP contribution in [0.2, 0.25) is 0 Å². The molecule has 5 heterocycles. The summed E-state index contributed by atoms with van der Waals surface area (Å²) >= 11 is 0. The van der Waals surface area contributed by atoms with E-state index < -0.39 is 28.7 Å². The lowest BCUT2D eigenvalue weighted by molar-refractivity contribution is -0.152. The number of hydrogen-bond acceptors (Lipinski definition) is 6. The smallest absolute Gasteiger partial charge is 0.414 e. The number of methoxy groups -OCH3 is 2. The third kappa shape index (κ3) is 1.70. The fourth-order valence-corrected chi connectivity index (χ4v) is 6.79. The minimum atomic E-state index is -1.04. The molecule has 0 radical (unpaired) electrons. The second kappa shape index (κ2) is 5.36. The van der Waals surface area contributed by atoms with Crippen molar-refractivity contribution in [1.82, 2.24) is 4.90 Å². The van der Waals surface area contributed by atoms with Crippen LogP contribution in [0, 0.1) is 5.92 Å². The van der Waals surface area contributed by atoms with Crippen LogP contribution in [0.5, 0.6) is 5.75 Å². The SMILES string of the molecule is COC(=O)N1c2ccc(OC)cc2C23CCN4C(=O)C=CC45CCC12C(C5)C(=O)O3. The van der Waals surface area contributed by atoms with Gasteiger partial charge in [0.25, 0.3) is 0 Å². The van der Waals surface area contributed by atoms with Crippen molar-refractivity contribution in [2.45, 2.75) is 42.4 Å². The van der Waals surface area contributed by atoms with Crippen LogP contribution in [0.4, 0.5) is 10.5 Å². The van der Waals surface area contributed by atoms with Crippen LogP contribution in [-0.2, 0) is 24.7 Å². The minimum Gasteiger partial charge on any atom is -0.497 e. The number of carbonyl (C=O) groups is 3. The maximum atomic E-state index is 13.3. The largest absolute Gasteiger partial charge is 0.497 e. The predicted octanol–water partition coefficient (Wildman–Crippen LogP) is 2.11. The first kappa shape index (κ1) is 17.8. The Kier molecular flexibility index (Phi) is 3.18. The Morgan fingerprint density at radius 1 is 1.20 bits per heavy atom. The van der Waals surface area contributed by atoms with E-state index in [-0.39, 0.29) is 11.9 Å². The number of rotatable bonds is 1. The molecule has 1 saturated carbocycles. The Hall–Kier alpha value is -3.03. The van der Waals surface area contributed by atoms with E-state index in [4.69, 9.17) is 14.2 Å². The van der Waals surface area contributed by atoms with Crippen LogP contribution in [0.25, 0.3) is 0 Å². The molecule has 4 atom stereocenters. The Labute approximate surface area is 173 Å². The first-order valence-electron chi connectivity index (χ1n) is 10.2. The number of anilines is 1. The van der Waals surface area contributed by atoms with Gasteiger partial charge < -0.3 is 19.1 Å². The number of carbonyl (C=O) groups excluding carboxylic acids is 3. The summed E-state index contributed by atoms with van der Waals surface area (Å²) in [7, 11) is 2.93. The van der Waals surface area contributed by atoms with E-state index in [0.29, 0.717) is 43.7 Å². The van der Waals surface area contributed by atoms with Crippen molar-refractivity contribution < 1.29 is 28.6 Å². The fraction of sp³-hybridized carbons (Fsp3) is 0.500. The second-order valence-corrected chi connectivity index (χ2v) is 8.79. The molecule has 4 unspecified atom stereocenters. The van der Waals surface area contributed by atoms with Crippen LogP contribution >= 0.6 is 0 Å². The molecule has 30 heavy (non-hydrogen) atoms. The monoisotopic (exact) mass is 410 g/mol. The van der Waals surface area contributed by atoms with Gasteiger partial charge in [-0.2, -0.15) is 0 Å². The Morgan fingerprint density at radius 3 is 2.80 bits per heavy atom. The molecule has 1 aromatic carbocycles. The normalized spacial score (nSPS) is 37.3. The molecule has 0 N–H and O–H groups in total. The van der Waals surface area contributed by atoms with Crippen LogP contribution in [0.3, 0.4) is 0 Å². The van der Waals surface area contributed by atoms with Gasteiger partial charge in [0, 0.05) is 24.6 Å². The van der Waals surface area contributed by atoms with Gasteiger partial charge in [0.1, 0.15) is 11.3 Å². The van der Waals surface area contributed by atoms with Crippen molar-refractivity contribution >= 4 is 23.7 Å². The highest BCUT2D eigenvalue weighted by atomic mass is 16.6. The van der Waals surface area contributed by atoms with Crippen LogP contribution in [0.15, 0.2) is 30.4 Å². The van der Waals surface area contributed by atoms with E-state index in [2.05, 4.69) is 0 Å². The first-order valence-corrected chi connectivity index (χ1v) is 10.2. The highest BCUT2D eigenvalue weighted by Crippen LogP contribution is 2.68. The summed E-state index contributed by atoms with van der Waals surface area (Å²) in [6, 6.07) is 5.48. The molecule has 4 bridgehead atoms. The summed E-state index contributed by atoms with van der Waals surface area (Å²) in [5, 5.41) is 0. The first-order chi connectivity index (χ1) is 14.4. The molecule has 2 spiro atoms. The van der Waals surface area contributed by atoms with E-state index in [1.807, 2.05) is 23.1 Å². The third-order valence-corrected chi connectivity index (χ3v) is 7.99. The summed E-state index contributed by atoms with van der Waals surface area (Å²) in [6.45, 7) is 0.444. The van der Waals surface area contributed by atoms with Gasteiger partial charge in [0.15, 0.2) is 5.60 Å². The molecule has 7 rings (SSSR count). The van der Waals surface area contributed by atoms with E-state index in [1.165, 1.54) is 7.11 Å². The molecular formula is C22H22N2O6. The molecule has 8 heteroatoms. The molecular weight excluding hydrogens is 388 g/mol. The van der Waals surface area contributed by atoms with Gasteiger partial charge in [-0.1, -0.05) is 6.08 Å². The van der Waals surface area contributed by atoms with Gasteiger partial charge in [-0.15, -0.1) is 0 Å². The van der Waals surface area contributed by atoms with Gasteiger partial charge in [-0.3, -0.25) is 14.5 Å². The van der Waals surface area contributed by atoms with Gasteiger partial charge in [-0.25, -0.2) is 4.79 Å². The zero-order valence-corrected chi connectivity index (χ0v) is 16.8. The number of fused-ring (bicyclic) bond motifs is 3. The fourth-order valence-electron chi connectivity index (χ4n) is 6.79. The number of esters is 1. The number of ether oxygens (including phenoxy) is 3. The molecule has 156 valence electrons. The average molecular weight is 410 g/mol. The molecule has 3 saturated heterocycles. The lowest BCUT2D eigenvalue weighted by Crippen LogP contribution is -2.69. The van der Waals surface area contributed by atoms with E-state index in [1.54, 1.807) is 24.2 Å². The second-order valence-electron chi connectivity index (χ2n) is 8.79. The summed E-state index contributed by atoms with van der Waals surface area (Å²) in [6.07, 6.45) is 5.09. The molecule has 4 fully saturated rings. The molecule has 1 aromatic rings. The minimum absolute atomic E-state index is 0.0265. The van der Waals surface area contributed by atoms with Gasteiger partial charge in [0.2, 0.25) is 5.91 Å². The predicted molar refractivity (Wildman–Crippen MR) is 104 cm³/mol. The third-order valence-electron chi connectivity index (χ3n) is 7.99. The zero-order chi connectivity index (χ0) is 20.9. The van der Waals surface area contributed by atoms with E-state index >= 15 is 0 Å². The van der Waals surface area contributed by atoms with Crippen molar-refractivity contribution in [2.75, 3.05) is 25.7 Å². The Morgan fingerprint density at radius 2 is 2.03 bits per heavy atom. The maximum absolute atomic E-state index is 13.3. The highest BCUT2D eigenvalue weighted by molar-refractivity contribution is 5.99. The Bertz CT molecular complexity index is 1050. The van der Waals surface area contributed by atoms with Gasteiger partial charge in [-0.05, 0) is 37.5 Å². The quantitative estimate of drug-likeness (QED) is 0.660. The molecule has 5 aliphatic heterocycles. The van der Waals surface area contributed by atoms with E-state index in [9.17, 15) is 14.4 Å². The average Bonchev–Trinajstić information content (AvgIpc) is 3.26. The molecule has 2 amide bonds. The van der Waals surface area contributed by atoms with Crippen molar-refractivity contribution in [3.8, 4) is 5.75 Å². The van der Waals surface area contributed by atoms with Crippen molar-refractivity contribution in [2.24, 2.45) is 5.92 Å². The van der Waals surface area contributed by atoms with Gasteiger partial charge >= 0.3 is 12.1 Å². The standard InChI is InChI=1S/C22H22N2O6/c1-28-13-3-4-16-14(11-13)22-9-10-23-17(25)5-6-20(23)7-8-21(22,24(16)19(27)29-2)15(12-20)18(26)30-22/h3-6,11,15H,7-10,12H2,1-2H3. The summed E-state index contributed by atoms with van der Waals surface area (Å²) in [5.41, 5.74) is -0.973. The van der Waals surface area contributed by atoms with Gasteiger partial charge in [0.05, 0.1) is 31.4 Å². The maximum Gasteiger partial charge on any atom is 0.414 e. The lowest BCUT2D eigenvalue weighted by atomic mass is 9.58. The topological polar surface area (TPSA) is 85.4 Å². The van der Waals surface area contributed by atoms with E-state index in [0.717, 1.165) is 5.56 Å². The van der Waals surface area contributed by atoms with Crippen molar-refractivity contribution in [3.05, 3.63) is 35.9 Å². The molecule has 8 nitrogen and oxygen atoms in total. The zero-order valence-electron chi connectivity index (χ0n) is 16.8. The highest BCUT2D eigenvalue weighted by Gasteiger charge is 2.78. The summed E-state index contributed by atoms with van der Waals surface area (Å²) < 4.78 is 16.8. The van der Waals surface area contributed by atoms with Crippen molar-refractivity contribution in [1.29, 1.82) is 0 Å². The van der Waals surface area contributed by atoms with Crippen LogP contribution in [-0.4, -0.2) is 54.7 Å². The number of benzene rings is 1. The van der Waals surface area contributed by atoms with Crippen LogP contribution < -0.4 is 9.64 Å². The number of nitrogens with zero attached hydrogens (tertiary/aromatic N) is 2. The molecule has 1 aliphatic carbocycles. The lowest BCUT2D eigenvalue weighted by Gasteiger charge is -2.55. The molecule has 6 aliphatic rings. The summed E-state index contributed by atoms with van der Waals surface area (Å²) in [5.74, 6) is -0.273. The summed E-state index contributed by atoms with van der Waals surface area (Å²) in [4.78, 5) is 42.5. The number of amides is 2. The van der Waals surface area contributed by atoms with Crippen molar-refractivity contribution in [3.63, 3.8) is 0 Å². The molecule has 0 aromatic heterocycles. The Balaban J connectivity index is 1.64. The van der Waals surface area contributed by atoms with Crippen LogP contribution in [0.1, 0.15) is 31.2 Å². The number of hydrogen-bond donors (Lipinski definition) is 0.